The summed E-state index contributed by atoms with van der Waals surface area (Å²) in [4.78, 5) is 14.7. The van der Waals surface area contributed by atoms with Gasteiger partial charge in [-0.05, 0) is 30.9 Å². The van der Waals surface area contributed by atoms with Crippen molar-refractivity contribution >= 4 is 18.3 Å². The summed E-state index contributed by atoms with van der Waals surface area (Å²) in [6.45, 7) is 2.93. The van der Waals surface area contributed by atoms with Crippen molar-refractivity contribution in [1.82, 2.24) is 4.90 Å². The molecule has 0 spiro atoms. The standard InChI is InChI=1S/C20H24N2O.ClH/c1-15-18(17-10-6-3-7-11-17)12-13-22(15)20(23)19(21)14-16-8-4-2-5-9-16;/h2-11,15,18-19H,12-14,21H2,1H3;1H/t15?,18?,19-;/m0./s1. The number of carbonyl (C=O) groups is 1. The summed E-state index contributed by atoms with van der Waals surface area (Å²) in [5.41, 5.74) is 8.61. The maximum atomic E-state index is 12.7. The molecule has 128 valence electrons. The molecule has 0 aromatic heterocycles. The number of rotatable bonds is 4. The quantitative estimate of drug-likeness (QED) is 0.924. The molecule has 1 amide bonds. The van der Waals surface area contributed by atoms with E-state index in [0.717, 1.165) is 18.5 Å². The number of hydrogen-bond donors (Lipinski definition) is 1. The van der Waals surface area contributed by atoms with Crippen molar-refractivity contribution in [2.24, 2.45) is 5.73 Å². The number of hydrogen-bond acceptors (Lipinski definition) is 2. The van der Waals surface area contributed by atoms with E-state index in [2.05, 4.69) is 31.2 Å². The van der Waals surface area contributed by atoms with Crippen LogP contribution in [0.3, 0.4) is 0 Å². The molecule has 1 aliphatic rings. The third-order valence-corrected chi connectivity index (χ3v) is 4.88. The summed E-state index contributed by atoms with van der Waals surface area (Å²) >= 11 is 0. The average Bonchev–Trinajstić information content (AvgIpc) is 2.97. The van der Waals surface area contributed by atoms with Gasteiger partial charge in [0.25, 0.3) is 0 Å². The fourth-order valence-electron chi connectivity index (χ4n) is 3.56. The van der Waals surface area contributed by atoms with Gasteiger partial charge >= 0.3 is 0 Å². The molecule has 0 saturated carbocycles. The predicted molar refractivity (Wildman–Crippen MR) is 100 cm³/mol. The van der Waals surface area contributed by atoms with Crippen molar-refractivity contribution in [1.29, 1.82) is 0 Å². The molecule has 0 aliphatic carbocycles. The number of nitrogens with zero attached hydrogens (tertiary/aromatic N) is 1. The molecular weight excluding hydrogens is 320 g/mol. The van der Waals surface area contributed by atoms with Crippen molar-refractivity contribution in [2.45, 2.75) is 37.8 Å². The topological polar surface area (TPSA) is 46.3 Å². The van der Waals surface area contributed by atoms with Gasteiger partial charge in [-0.25, -0.2) is 0 Å². The molecule has 0 radical (unpaired) electrons. The Morgan fingerprint density at radius 1 is 1.12 bits per heavy atom. The van der Waals surface area contributed by atoms with E-state index in [1.165, 1.54) is 5.56 Å². The summed E-state index contributed by atoms with van der Waals surface area (Å²) in [7, 11) is 0. The van der Waals surface area contributed by atoms with E-state index in [9.17, 15) is 4.79 Å². The molecule has 3 atom stereocenters. The molecule has 2 aromatic rings. The van der Waals surface area contributed by atoms with Crippen LogP contribution in [0, 0.1) is 0 Å². The second kappa shape index (κ2) is 8.32. The van der Waals surface area contributed by atoms with Crippen molar-refractivity contribution in [2.75, 3.05) is 6.54 Å². The Hall–Kier alpha value is -1.84. The second-order valence-corrected chi connectivity index (χ2v) is 6.37. The SMILES string of the molecule is CC1C(c2ccccc2)CCN1C(=O)[C@@H](N)Cc1ccccc1.Cl. The van der Waals surface area contributed by atoms with Gasteiger partial charge < -0.3 is 10.6 Å². The van der Waals surface area contributed by atoms with Crippen LogP contribution >= 0.6 is 12.4 Å². The van der Waals surface area contributed by atoms with Crippen LogP contribution in [0.1, 0.15) is 30.4 Å². The Kier molecular flexibility index (Phi) is 6.41. The minimum atomic E-state index is -0.464. The van der Waals surface area contributed by atoms with E-state index < -0.39 is 6.04 Å². The lowest BCUT2D eigenvalue weighted by Gasteiger charge is -2.27. The van der Waals surface area contributed by atoms with Gasteiger partial charge in [0.05, 0.1) is 6.04 Å². The molecule has 2 aromatic carbocycles. The maximum absolute atomic E-state index is 12.7. The van der Waals surface area contributed by atoms with Crippen molar-refractivity contribution < 1.29 is 4.79 Å². The number of halogens is 1. The molecule has 1 fully saturated rings. The van der Waals surface area contributed by atoms with Crippen LogP contribution in [0.25, 0.3) is 0 Å². The van der Waals surface area contributed by atoms with E-state index in [1.807, 2.05) is 41.3 Å². The first-order valence-corrected chi connectivity index (χ1v) is 8.31. The third kappa shape index (κ3) is 3.97. The van der Waals surface area contributed by atoms with Crippen molar-refractivity contribution in [3.8, 4) is 0 Å². The molecular formula is C20H25ClN2O. The summed E-state index contributed by atoms with van der Waals surface area (Å²) in [6, 6.07) is 20.2. The van der Waals surface area contributed by atoms with Crippen LogP contribution in [0.2, 0.25) is 0 Å². The molecule has 3 nitrogen and oxygen atoms in total. The maximum Gasteiger partial charge on any atom is 0.240 e. The van der Waals surface area contributed by atoms with Crippen LogP contribution < -0.4 is 5.73 Å². The number of benzene rings is 2. The third-order valence-electron chi connectivity index (χ3n) is 4.88. The monoisotopic (exact) mass is 344 g/mol. The first-order chi connectivity index (χ1) is 11.2. The highest BCUT2D eigenvalue weighted by molar-refractivity contribution is 5.85. The zero-order valence-electron chi connectivity index (χ0n) is 14.0. The minimum Gasteiger partial charge on any atom is -0.338 e. The minimum absolute atomic E-state index is 0. The molecule has 2 N–H and O–H groups in total. The van der Waals surface area contributed by atoms with Crippen LogP contribution in [0.5, 0.6) is 0 Å². The van der Waals surface area contributed by atoms with E-state index in [-0.39, 0.29) is 24.4 Å². The van der Waals surface area contributed by atoms with Crippen LogP contribution in [0.4, 0.5) is 0 Å². The number of nitrogens with two attached hydrogens (primary N) is 1. The first-order valence-electron chi connectivity index (χ1n) is 8.31. The van der Waals surface area contributed by atoms with Gasteiger partial charge in [-0.3, -0.25) is 4.79 Å². The lowest BCUT2D eigenvalue weighted by Crippen LogP contribution is -2.46. The normalized spacial score (nSPS) is 21.2. The fraction of sp³-hybridized carbons (Fsp3) is 0.350. The molecule has 1 heterocycles. The van der Waals surface area contributed by atoms with Crippen LogP contribution in [0.15, 0.2) is 60.7 Å². The summed E-state index contributed by atoms with van der Waals surface area (Å²) in [5, 5.41) is 0. The van der Waals surface area contributed by atoms with Gasteiger partial charge in [-0.1, -0.05) is 60.7 Å². The Morgan fingerprint density at radius 3 is 2.33 bits per heavy atom. The molecule has 1 saturated heterocycles. The van der Waals surface area contributed by atoms with Crippen molar-refractivity contribution in [3.63, 3.8) is 0 Å². The highest BCUT2D eigenvalue weighted by atomic mass is 35.5. The molecule has 1 aliphatic heterocycles. The van der Waals surface area contributed by atoms with Gasteiger partial charge in [0.2, 0.25) is 5.91 Å². The molecule has 24 heavy (non-hydrogen) atoms. The van der Waals surface area contributed by atoms with Gasteiger partial charge in [0.1, 0.15) is 0 Å². The van der Waals surface area contributed by atoms with E-state index in [1.54, 1.807) is 0 Å². The largest absolute Gasteiger partial charge is 0.338 e. The number of amides is 1. The lowest BCUT2D eigenvalue weighted by molar-refractivity contribution is -0.133. The number of carbonyl (C=O) groups excluding carboxylic acids is 1. The molecule has 0 bridgehead atoms. The summed E-state index contributed by atoms with van der Waals surface area (Å²) < 4.78 is 0. The number of likely N-dealkylation sites (tertiary alicyclic amines) is 1. The van der Waals surface area contributed by atoms with E-state index >= 15 is 0 Å². The van der Waals surface area contributed by atoms with Crippen molar-refractivity contribution in [3.05, 3.63) is 71.8 Å². The fourth-order valence-corrected chi connectivity index (χ4v) is 3.56. The highest BCUT2D eigenvalue weighted by Gasteiger charge is 2.36. The summed E-state index contributed by atoms with van der Waals surface area (Å²) in [5.74, 6) is 0.476. The molecule has 4 heteroatoms. The second-order valence-electron chi connectivity index (χ2n) is 6.37. The Bertz CT molecular complexity index is 647. The zero-order valence-corrected chi connectivity index (χ0v) is 14.8. The summed E-state index contributed by atoms with van der Waals surface area (Å²) in [6.07, 6.45) is 1.61. The lowest BCUT2D eigenvalue weighted by atomic mass is 9.92. The van der Waals surface area contributed by atoms with Gasteiger partial charge in [0.15, 0.2) is 0 Å². The Morgan fingerprint density at radius 2 is 1.71 bits per heavy atom. The zero-order chi connectivity index (χ0) is 16.2. The smallest absolute Gasteiger partial charge is 0.240 e. The predicted octanol–water partition coefficient (Wildman–Crippen LogP) is 3.38. The first kappa shape index (κ1) is 18.5. The van der Waals surface area contributed by atoms with Gasteiger partial charge in [-0.2, -0.15) is 0 Å². The van der Waals surface area contributed by atoms with E-state index in [4.69, 9.17) is 5.73 Å². The Balaban J connectivity index is 0.00000208. The van der Waals surface area contributed by atoms with Crippen LogP contribution in [-0.4, -0.2) is 29.4 Å². The van der Waals surface area contributed by atoms with E-state index in [0.29, 0.717) is 12.3 Å². The van der Waals surface area contributed by atoms with Gasteiger partial charge in [-0.15, -0.1) is 12.4 Å². The van der Waals surface area contributed by atoms with Gasteiger partial charge in [0, 0.05) is 18.5 Å². The molecule has 3 rings (SSSR count). The highest BCUT2D eigenvalue weighted by Crippen LogP contribution is 2.33. The van der Waals surface area contributed by atoms with Crippen LogP contribution in [-0.2, 0) is 11.2 Å². The Labute approximate surface area is 150 Å². The molecule has 2 unspecified atom stereocenters. The average molecular weight is 345 g/mol.